The fraction of sp³-hybridized carbons (Fsp3) is 0.333. The molecule has 0 saturated heterocycles. The number of allylic oxidation sites excluding steroid dienone is 5. The summed E-state index contributed by atoms with van der Waals surface area (Å²) in [6, 6.07) is 0.107. The number of aromatic nitrogens is 5. The zero-order valence-electron chi connectivity index (χ0n) is 15.4. The standard InChI is InChI=1S/C18H21N9O/c1-21-8-11-3-5-13(7-14(11)19)27-17-15(25-26-27)9-22-18(24-17)23-12-4-2-10(6-12)16(20)28/h3,5,7-10,12,19,21H,2,4,6H2,1H3,(H2,20,28)(H,22,23,24)/b11-8-,19-14?/t10-,12-/m1/s1. The van der Waals surface area contributed by atoms with Crippen molar-refractivity contribution in [2.45, 2.75) is 25.3 Å². The van der Waals surface area contributed by atoms with E-state index in [2.05, 4.69) is 30.9 Å². The Morgan fingerprint density at radius 1 is 1.39 bits per heavy atom. The van der Waals surface area contributed by atoms with Crippen LogP contribution in [0.2, 0.25) is 0 Å². The molecule has 1 amide bonds. The predicted molar refractivity (Wildman–Crippen MR) is 105 cm³/mol. The van der Waals surface area contributed by atoms with Gasteiger partial charge in [0, 0.05) is 30.8 Å². The van der Waals surface area contributed by atoms with Crippen LogP contribution < -0.4 is 16.4 Å². The molecule has 10 heteroatoms. The highest BCUT2D eigenvalue weighted by Crippen LogP contribution is 2.27. The second kappa shape index (κ2) is 7.22. The molecule has 144 valence electrons. The Morgan fingerprint density at radius 2 is 2.25 bits per heavy atom. The molecule has 0 aromatic carbocycles. The molecule has 5 N–H and O–H groups in total. The molecule has 4 rings (SSSR count). The number of fused-ring (bicyclic) bond motifs is 1. The van der Waals surface area contributed by atoms with E-state index in [9.17, 15) is 4.79 Å². The summed E-state index contributed by atoms with van der Waals surface area (Å²) in [5.74, 6) is 0.0994. The van der Waals surface area contributed by atoms with Crippen molar-refractivity contribution in [1.82, 2.24) is 30.3 Å². The van der Waals surface area contributed by atoms with E-state index in [0.29, 0.717) is 34.9 Å². The Labute approximate surface area is 161 Å². The molecule has 2 atom stereocenters. The van der Waals surface area contributed by atoms with E-state index < -0.39 is 0 Å². The van der Waals surface area contributed by atoms with Crippen LogP contribution >= 0.6 is 0 Å². The van der Waals surface area contributed by atoms with Gasteiger partial charge in [0.1, 0.15) is 0 Å². The Morgan fingerprint density at radius 3 is 2.96 bits per heavy atom. The van der Waals surface area contributed by atoms with Gasteiger partial charge >= 0.3 is 0 Å². The van der Waals surface area contributed by atoms with E-state index in [0.717, 1.165) is 18.4 Å². The van der Waals surface area contributed by atoms with Gasteiger partial charge in [-0.1, -0.05) is 5.21 Å². The molecule has 0 aliphatic heterocycles. The third kappa shape index (κ3) is 3.36. The number of nitrogens with zero attached hydrogens (tertiary/aromatic N) is 5. The number of hydrogen-bond acceptors (Lipinski definition) is 8. The van der Waals surface area contributed by atoms with Gasteiger partial charge in [-0.3, -0.25) is 4.79 Å². The van der Waals surface area contributed by atoms with Crippen molar-refractivity contribution in [2.75, 3.05) is 12.4 Å². The molecule has 2 aromatic heterocycles. The molecule has 0 unspecified atom stereocenters. The molecule has 1 fully saturated rings. The lowest BCUT2D eigenvalue weighted by Gasteiger charge is -2.13. The monoisotopic (exact) mass is 379 g/mol. The van der Waals surface area contributed by atoms with Gasteiger partial charge in [-0.05, 0) is 37.5 Å². The molecular formula is C18H21N9O. The van der Waals surface area contributed by atoms with E-state index in [1.807, 2.05) is 12.2 Å². The minimum absolute atomic E-state index is 0.100. The molecule has 2 aromatic rings. The predicted octanol–water partition coefficient (Wildman–Crippen LogP) is 0.821. The summed E-state index contributed by atoms with van der Waals surface area (Å²) in [6.45, 7) is 0. The number of carbonyl (C=O) groups excluding carboxylic acids is 1. The van der Waals surface area contributed by atoms with Crippen molar-refractivity contribution in [3.05, 3.63) is 36.2 Å². The second-order valence-electron chi connectivity index (χ2n) is 6.86. The van der Waals surface area contributed by atoms with Crippen LogP contribution in [0.3, 0.4) is 0 Å². The largest absolute Gasteiger partial charge is 0.393 e. The van der Waals surface area contributed by atoms with Crippen LogP contribution in [0.4, 0.5) is 5.95 Å². The number of nitrogens with one attached hydrogen (secondary N) is 3. The topological polar surface area (TPSA) is 147 Å². The van der Waals surface area contributed by atoms with Crippen LogP contribution in [0.25, 0.3) is 16.9 Å². The van der Waals surface area contributed by atoms with Crippen LogP contribution in [-0.2, 0) is 4.79 Å². The molecule has 28 heavy (non-hydrogen) atoms. The van der Waals surface area contributed by atoms with Gasteiger partial charge in [0.05, 0.1) is 17.6 Å². The zero-order valence-corrected chi connectivity index (χ0v) is 15.4. The first-order chi connectivity index (χ1) is 13.5. The number of nitrogens with two attached hydrogens (primary N) is 1. The van der Waals surface area contributed by atoms with Gasteiger partial charge in [0.25, 0.3) is 0 Å². The van der Waals surface area contributed by atoms with E-state index in [4.69, 9.17) is 11.1 Å². The summed E-state index contributed by atoms with van der Waals surface area (Å²) in [6.07, 6.45) is 11.1. The lowest BCUT2D eigenvalue weighted by atomic mass is 10.0. The van der Waals surface area contributed by atoms with Crippen LogP contribution in [0, 0.1) is 11.3 Å². The number of carbonyl (C=O) groups is 1. The van der Waals surface area contributed by atoms with Crippen molar-refractivity contribution in [3.8, 4) is 0 Å². The number of primary amides is 1. The maximum Gasteiger partial charge on any atom is 0.225 e. The first-order valence-corrected chi connectivity index (χ1v) is 9.06. The molecule has 0 spiro atoms. The lowest BCUT2D eigenvalue weighted by molar-refractivity contribution is -0.121. The van der Waals surface area contributed by atoms with Crippen LogP contribution in [-0.4, -0.2) is 49.7 Å². The Balaban J connectivity index is 1.58. The molecule has 2 aliphatic carbocycles. The van der Waals surface area contributed by atoms with Crippen molar-refractivity contribution < 1.29 is 4.79 Å². The maximum absolute atomic E-state index is 11.4. The number of anilines is 1. The summed E-state index contributed by atoms with van der Waals surface area (Å²) in [7, 11) is 1.79. The number of hydrogen-bond donors (Lipinski definition) is 4. The lowest BCUT2D eigenvalue weighted by Crippen LogP contribution is -2.23. The molecule has 2 aliphatic rings. The zero-order chi connectivity index (χ0) is 19.7. The van der Waals surface area contributed by atoms with Gasteiger partial charge in [0.15, 0.2) is 11.2 Å². The third-order valence-corrected chi connectivity index (χ3v) is 4.94. The van der Waals surface area contributed by atoms with Gasteiger partial charge in [0.2, 0.25) is 11.9 Å². The van der Waals surface area contributed by atoms with Crippen molar-refractivity contribution in [2.24, 2.45) is 11.7 Å². The fourth-order valence-electron chi connectivity index (χ4n) is 3.48. The smallest absolute Gasteiger partial charge is 0.225 e. The maximum atomic E-state index is 11.4. The molecule has 2 heterocycles. The van der Waals surface area contributed by atoms with Gasteiger partial charge in [-0.25, -0.2) is 4.98 Å². The van der Waals surface area contributed by atoms with Crippen molar-refractivity contribution >= 4 is 34.4 Å². The van der Waals surface area contributed by atoms with Crippen molar-refractivity contribution in [1.29, 1.82) is 5.41 Å². The van der Waals surface area contributed by atoms with Gasteiger partial charge in [-0.15, -0.1) is 5.10 Å². The SMILES string of the molecule is CN/C=C1/C=CC(n2nnc3cnc(N[C@@H]4CC[C@@H](C(N)=O)C4)nc32)=CC1=N. The molecule has 0 radical (unpaired) electrons. The van der Waals surface area contributed by atoms with E-state index in [1.165, 1.54) is 0 Å². The first kappa shape index (κ1) is 17.8. The summed E-state index contributed by atoms with van der Waals surface area (Å²) >= 11 is 0. The van der Waals surface area contributed by atoms with E-state index in [-0.39, 0.29) is 17.9 Å². The van der Waals surface area contributed by atoms with Crippen LogP contribution in [0.15, 0.2) is 36.2 Å². The normalized spacial score (nSPS) is 23.2. The van der Waals surface area contributed by atoms with Gasteiger partial charge in [-0.2, -0.15) is 9.67 Å². The molecular weight excluding hydrogens is 358 g/mol. The molecule has 0 bridgehead atoms. The minimum Gasteiger partial charge on any atom is -0.393 e. The second-order valence-corrected chi connectivity index (χ2v) is 6.86. The van der Waals surface area contributed by atoms with Crippen LogP contribution in [0.5, 0.6) is 0 Å². The average Bonchev–Trinajstić information content (AvgIpc) is 3.30. The highest BCUT2D eigenvalue weighted by molar-refractivity contribution is 6.13. The minimum atomic E-state index is -0.256. The first-order valence-electron chi connectivity index (χ1n) is 9.06. The Kier molecular flexibility index (Phi) is 4.60. The summed E-state index contributed by atoms with van der Waals surface area (Å²) < 4.78 is 1.59. The Hall–Kier alpha value is -3.56. The highest BCUT2D eigenvalue weighted by Gasteiger charge is 2.29. The summed E-state index contributed by atoms with van der Waals surface area (Å²) in [4.78, 5) is 20.2. The number of rotatable bonds is 5. The summed E-state index contributed by atoms with van der Waals surface area (Å²) in [5.41, 5.74) is 8.35. The van der Waals surface area contributed by atoms with Crippen molar-refractivity contribution in [3.63, 3.8) is 0 Å². The molecule has 10 nitrogen and oxygen atoms in total. The van der Waals surface area contributed by atoms with E-state index in [1.54, 1.807) is 30.2 Å². The average molecular weight is 379 g/mol. The Bertz CT molecular complexity index is 1030. The third-order valence-electron chi connectivity index (χ3n) is 4.94. The van der Waals surface area contributed by atoms with Crippen LogP contribution in [0.1, 0.15) is 19.3 Å². The molecule has 1 saturated carbocycles. The fourth-order valence-corrected chi connectivity index (χ4v) is 3.48. The van der Waals surface area contributed by atoms with E-state index >= 15 is 0 Å². The van der Waals surface area contributed by atoms with Gasteiger partial charge < -0.3 is 21.8 Å². The quantitative estimate of drug-likeness (QED) is 0.601. The number of amides is 1. The highest BCUT2D eigenvalue weighted by atomic mass is 16.1. The summed E-state index contributed by atoms with van der Waals surface area (Å²) in [5, 5.41) is 22.6.